The summed E-state index contributed by atoms with van der Waals surface area (Å²) in [6.45, 7) is 8.00. The van der Waals surface area contributed by atoms with Crippen LogP contribution < -0.4 is 10.6 Å². The molecule has 0 radical (unpaired) electrons. The Morgan fingerprint density at radius 2 is 2.00 bits per heavy atom. The molecule has 1 aromatic heterocycles. The van der Waals surface area contributed by atoms with E-state index in [0.29, 0.717) is 12.5 Å². The molecule has 1 rings (SSSR count). The van der Waals surface area contributed by atoms with Gasteiger partial charge in [-0.25, -0.2) is 0 Å². The number of guanidine groups is 1. The molecule has 0 aliphatic rings. The van der Waals surface area contributed by atoms with Gasteiger partial charge >= 0.3 is 0 Å². The third-order valence-electron chi connectivity index (χ3n) is 3.18. The minimum atomic E-state index is 0. The number of rotatable bonds is 7. The topological polar surface area (TPSA) is 62.5 Å². The maximum Gasteiger partial charge on any atom is 0.191 e. The number of hydrogen-bond donors (Lipinski definition) is 2. The highest BCUT2D eigenvalue weighted by atomic mass is 127. The molecule has 1 aromatic rings. The third kappa shape index (κ3) is 6.11. The Labute approximate surface area is 139 Å². The van der Waals surface area contributed by atoms with Crippen LogP contribution in [-0.4, -0.2) is 24.7 Å². The van der Waals surface area contributed by atoms with Crippen molar-refractivity contribution in [3.63, 3.8) is 0 Å². The van der Waals surface area contributed by atoms with Crippen molar-refractivity contribution in [1.82, 2.24) is 15.8 Å². The van der Waals surface area contributed by atoms with E-state index in [-0.39, 0.29) is 24.0 Å². The van der Waals surface area contributed by atoms with Crippen LogP contribution in [0.1, 0.15) is 57.4 Å². The Kier molecular flexibility index (Phi) is 10.5. The summed E-state index contributed by atoms with van der Waals surface area (Å²) in [6, 6.07) is 2.04. The van der Waals surface area contributed by atoms with Gasteiger partial charge in [-0.2, -0.15) is 0 Å². The summed E-state index contributed by atoms with van der Waals surface area (Å²) < 4.78 is 5.35. The van der Waals surface area contributed by atoms with E-state index in [4.69, 9.17) is 4.52 Å². The van der Waals surface area contributed by atoms with Crippen molar-refractivity contribution >= 4 is 29.9 Å². The number of aromatic nitrogens is 1. The number of halogens is 1. The van der Waals surface area contributed by atoms with Gasteiger partial charge in [0.2, 0.25) is 0 Å². The van der Waals surface area contributed by atoms with Crippen LogP contribution >= 0.6 is 24.0 Å². The van der Waals surface area contributed by atoms with Crippen molar-refractivity contribution in [3.05, 3.63) is 17.5 Å². The van der Waals surface area contributed by atoms with Crippen LogP contribution in [0.4, 0.5) is 0 Å². The molecule has 0 aliphatic heterocycles. The molecule has 0 atom stereocenters. The van der Waals surface area contributed by atoms with Gasteiger partial charge in [-0.1, -0.05) is 25.9 Å². The first-order chi connectivity index (χ1) is 9.24. The lowest BCUT2D eigenvalue weighted by Crippen LogP contribution is -2.37. The Balaban J connectivity index is 0.00000361. The second kappa shape index (κ2) is 10.9. The highest BCUT2D eigenvalue weighted by Gasteiger charge is 2.12. The van der Waals surface area contributed by atoms with Gasteiger partial charge in [-0.15, -0.1) is 24.0 Å². The molecule has 0 fully saturated rings. The predicted molar refractivity (Wildman–Crippen MR) is 93.7 cm³/mol. The molecule has 0 saturated heterocycles. The average molecular weight is 394 g/mol. The number of aliphatic imine (C=N–C) groups is 1. The molecular formula is C14H27IN4O. The first-order valence-electron chi connectivity index (χ1n) is 7.15. The molecule has 20 heavy (non-hydrogen) atoms. The smallest absolute Gasteiger partial charge is 0.191 e. The molecule has 2 N–H and O–H groups in total. The molecule has 0 bridgehead atoms. The summed E-state index contributed by atoms with van der Waals surface area (Å²) in [5.74, 6) is 2.14. The molecule has 0 spiro atoms. The van der Waals surface area contributed by atoms with Crippen LogP contribution in [0.3, 0.4) is 0 Å². The molecule has 0 unspecified atom stereocenters. The van der Waals surface area contributed by atoms with Gasteiger partial charge in [-0.3, -0.25) is 4.99 Å². The zero-order valence-electron chi connectivity index (χ0n) is 12.9. The van der Waals surface area contributed by atoms with E-state index in [1.54, 1.807) is 7.05 Å². The summed E-state index contributed by atoms with van der Waals surface area (Å²) in [4.78, 5) is 4.15. The maximum absolute atomic E-state index is 5.35. The molecule has 0 aromatic carbocycles. The zero-order chi connectivity index (χ0) is 14.1. The molecule has 5 nitrogen and oxygen atoms in total. The summed E-state index contributed by atoms with van der Waals surface area (Å²) in [7, 11) is 1.76. The zero-order valence-corrected chi connectivity index (χ0v) is 15.2. The lowest BCUT2D eigenvalue weighted by atomic mass is 9.99. The van der Waals surface area contributed by atoms with Crippen molar-refractivity contribution in [2.75, 3.05) is 13.6 Å². The van der Waals surface area contributed by atoms with Crippen LogP contribution in [0.15, 0.2) is 15.6 Å². The fourth-order valence-corrected chi connectivity index (χ4v) is 1.95. The van der Waals surface area contributed by atoms with E-state index in [1.807, 2.05) is 6.07 Å². The van der Waals surface area contributed by atoms with Crippen LogP contribution in [0.5, 0.6) is 0 Å². The number of hydrogen-bond acceptors (Lipinski definition) is 3. The molecule has 116 valence electrons. The third-order valence-corrected chi connectivity index (χ3v) is 3.18. The average Bonchev–Trinajstić information content (AvgIpc) is 2.89. The fraction of sp³-hybridized carbons (Fsp3) is 0.714. The SMILES string of the molecule is CCCNC(=NC)NCc1cc(C(CC)CC)no1.I. The molecule has 1 heterocycles. The fourth-order valence-electron chi connectivity index (χ4n) is 1.95. The number of nitrogens with zero attached hydrogens (tertiary/aromatic N) is 2. The lowest BCUT2D eigenvalue weighted by molar-refractivity contribution is 0.368. The van der Waals surface area contributed by atoms with Gasteiger partial charge < -0.3 is 15.2 Å². The first kappa shape index (κ1) is 19.2. The van der Waals surface area contributed by atoms with Crippen molar-refractivity contribution in [1.29, 1.82) is 0 Å². The molecule has 0 saturated carbocycles. The van der Waals surface area contributed by atoms with Crippen LogP contribution in [0.25, 0.3) is 0 Å². The Hall–Kier alpha value is -0.790. The number of nitrogens with one attached hydrogen (secondary N) is 2. The Morgan fingerprint density at radius 3 is 2.55 bits per heavy atom. The largest absolute Gasteiger partial charge is 0.359 e. The van der Waals surface area contributed by atoms with E-state index in [0.717, 1.165) is 43.2 Å². The Morgan fingerprint density at radius 1 is 1.30 bits per heavy atom. The van der Waals surface area contributed by atoms with Crippen LogP contribution in [-0.2, 0) is 6.54 Å². The van der Waals surface area contributed by atoms with E-state index in [1.165, 1.54) is 0 Å². The van der Waals surface area contributed by atoms with E-state index >= 15 is 0 Å². The minimum absolute atomic E-state index is 0. The van der Waals surface area contributed by atoms with Gasteiger partial charge in [0, 0.05) is 25.6 Å². The molecule has 6 heteroatoms. The monoisotopic (exact) mass is 394 g/mol. The summed E-state index contributed by atoms with van der Waals surface area (Å²) >= 11 is 0. The summed E-state index contributed by atoms with van der Waals surface area (Å²) in [5.41, 5.74) is 1.05. The van der Waals surface area contributed by atoms with Gasteiger partial charge in [-0.05, 0) is 19.3 Å². The van der Waals surface area contributed by atoms with E-state index < -0.39 is 0 Å². The highest BCUT2D eigenvalue weighted by Crippen LogP contribution is 2.22. The second-order valence-electron chi connectivity index (χ2n) is 4.58. The maximum atomic E-state index is 5.35. The van der Waals surface area contributed by atoms with Crippen molar-refractivity contribution in [3.8, 4) is 0 Å². The van der Waals surface area contributed by atoms with Crippen molar-refractivity contribution in [2.45, 2.75) is 52.5 Å². The van der Waals surface area contributed by atoms with Crippen LogP contribution in [0.2, 0.25) is 0 Å². The van der Waals surface area contributed by atoms with Gasteiger partial charge in [0.15, 0.2) is 11.7 Å². The standard InChI is InChI=1S/C14H26N4O.HI/c1-5-8-16-14(15-4)17-10-12-9-13(18-19-12)11(6-2)7-3;/h9,11H,5-8,10H2,1-4H3,(H2,15,16,17);1H. The van der Waals surface area contributed by atoms with Gasteiger partial charge in [0.25, 0.3) is 0 Å². The first-order valence-corrected chi connectivity index (χ1v) is 7.15. The molecular weight excluding hydrogens is 367 g/mol. The predicted octanol–water partition coefficient (Wildman–Crippen LogP) is 3.27. The minimum Gasteiger partial charge on any atom is -0.359 e. The van der Waals surface area contributed by atoms with E-state index in [2.05, 4.69) is 41.6 Å². The highest BCUT2D eigenvalue weighted by molar-refractivity contribution is 14.0. The molecule has 0 aliphatic carbocycles. The normalized spacial score (nSPS) is 11.3. The van der Waals surface area contributed by atoms with Gasteiger partial charge in [0.1, 0.15) is 0 Å². The van der Waals surface area contributed by atoms with Gasteiger partial charge in [0.05, 0.1) is 12.2 Å². The molecule has 0 amide bonds. The summed E-state index contributed by atoms with van der Waals surface area (Å²) in [5, 5.41) is 10.6. The lowest BCUT2D eigenvalue weighted by Gasteiger charge is -2.09. The second-order valence-corrected chi connectivity index (χ2v) is 4.58. The van der Waals surface area contributed by atoms with Crippen molar-refractivity contribution < 1.29 is 4.52 Å². The quantitative estimate of drug-likeness (QED) is 0.423. The Bertz CT molecular complexity index is 388. The van der Waals surface area contributed by atoms with E-state index in [9.17, 15) is 0 Å². The van der Waals surface area contributed by atoms with Crippen LogP contribution in [0, 0.1) is 0 Å². The summed E-state index contributed by atoms with van der Waals surface area (Å²) in [6.07, 6.45) is 3.26. The van der Waals surface area contributed by atoms with Crippen molar-refractivity contribution in [2.24, 2.45) is 4.99 Å².